The first-order valence-electron chi connectivity index (χ1n) is 7.62. The van der Waals surface area contributed by atoms with Crippen LogP contribution in [-0.2, 0) is 9.53 Å². The molecule has 0 aromatic rings. The van der Waals surface area contributed by atoms with E-state index in [2.05, 4.69) is 43.1 Å². The van der Waals surface area contributed by atoms with Crippen LogP contribution in [0.15, 0.2) is 0 Å². The summed E-state index contributed by atoms with van der Waals surface area (Å²) in [5.41, 5.74) is -0.634. The van der Waals surface area contributed by atoms with Crippen LogP contribution in [0.4, 0.5) is 0 Å². The third kappa shape index (κ3) is 4.72. The summed E-state index contributed by atoms with van der Waals surface area (Å²) in [6.45, 7) is 11.1. The summed E-state index contributed by atoms with van der Waals surface area (Å²) in [4.78, 5) is 16.9. The Labute approximate surface area is 123 Å². The lowest BCUT2D eigenvalue weighted by Crippen LogP contribution is -2.59. The molecule has 0 saturated carbocycles. The van der Waals surface area contributed by atoms with Crippen LogP contribution in [-0.4, -0.2) is 73.7 Å². The van der Waals surface area contributed by atoms with E-state index in [4.69, 9.17) is 4.74 Å². The highest BCUT2D eigenvalue weighted by Crippen LogP contribution is 2.18. The summed E-state index contributed by atoms with van der Waals surface area (Å²) >= 11 is 0. The molecule has 0 amide bonds. The molecule has 2 atom stereocenters. The van der Waals surface area contributed by atoms with E-state index in [-0.39, 0.29) is 12.0 Å². The first-order chi connectivity index (χ1) is 9.28. The second-order valence-electron chi connectivity index (χ2n) is 6.49. The summed E-state index contributed by atoms with van der Waals surface area (Å²) in [6.07, 6.45) is 1.16. The fourth-order valence-corrected chi connectivity index (χ4v) is 2.92. The molecular weight excluding hydrogens is 254 g/mol. The minimum atomic E-state index is -0.634. The maximum atomic E-state index is 12.3. The molecule has 20 heavy (non-hydrogen) atoms. The number of likely N-dealkylation sites (tertiary alicyclic amines) is 1. The van der Waals surface area contributed by atoms with Crippen molar-refractivity contribution in [3.05, 3.63) is 0 Å². The Morgan fingerprint density at radius 3 is 2.60 bits per heavy atom. The van der Waals surface area contributed by atoms with Crippen LogP contribution < -0.4 is 5.32 Å². The highest BCUT2D eigenvalue weighted by Gasteiger charge is 2.39. The largest absolute Gasteiger partial charge is 0.465 e. The van der Waals surface area contributed by atoms with Crippen molar-refractivity contribution in [3.63, 3.8) is 0 Å². The molecule has 0 aromatic heterocycles. The Kier molecular flexibility index (Phi) is 6.43. The maximum absolute atomic E-state index is 12.3. The Balaban J connectivity index is 2.68. The van der Waals surface area contributed by atoms with Gasteiger partial charge in [-0.25, -0.2) is 0 Å². The molecule has 1 aliphatic heterocycles. The van der Waals surface area contributed by atoms with Gasteiger partial charge in [0.2, 0.25) is 0 Å². The third-order valence-corrected chi connectivity index (χ3v) is 3.85. The molecule has 118 valence electrons. The van der Waals surface area contributed by atoms with E-state index in [0.29, 0.717) is 19.2 Å². The van der Waals surface area contributed by atoms with Crippen molar-refractivity contribution < 1.29 is 9.53 Å². The van der Waals surface area contributed by atoms with Crippen LogP contribution in [0.25, 0.3) is 0 Å². The van der Waals surface area contributed by atoms with Crippen molar-refractivity contribution in [1.29, 1.82) is 0 Å². The molecule has 5 nitrogen and oxygen atoms in total. The molecule has 1 heterocycles. The SMILES string of the molecule is CCOC(=O)C(C)(CN1CCC(N(C)C)C1)NC(C)C. The van der Waals surface area contributed by atoms with Crippen molar-refractivity contribution >= 4 is 5.97 Å². The van der Waals surface area contributed by atoms with Gasteiger partial charge in [-0.2, -0.15) is 0 Å². The Bertz CT molecular complexity index is 320. The topological polar surface area (TPSA) is 44.8 Å². The minimum absolute atomic E-state index is 0.151. The Morgan fingerprint density at radius 1 is 1.50 bits per heavy atom. The van der Waals surface area contributed by atoms with Crippen molar-refractivity contribution in [1.82, 2.24) is 15.1 Å². The zero-order chi connectivity index (χ0) is 15.3. The predicted molar refractivity (Wildman–Crippen MR) is 81.8 cm³/mol. The van der Waals surface area contributed by atoms with Crippen LogP contribution in [0.3, 0.4) is 0 Å². The minimum Gasteiger partial charge on any atom is -0.465 e. The smallest absolute Gasteiger partial charge is 0.327 e. The van der Waals surface area contributed by atoms with Gasteiger partial charge in [-0.05, 0) is 54.8 Å². The van der Waals surface area contributed by atoms with Crippen LogP contribution >= 0.6 is 0 Å². The normalized spacial score (nSPS) is 23.3. The monoisotopic (exact) mass is 285 g/mol. The predicted octanol–water partition coefficient (Wildman–Crippen LogP) is 0.942. The number of esters is 1. The van der Waals surface area contributed by atoms with Crippen LogP contribution in [0.2, 0.25) is 0 Å². The quantitative estimate of drug-likeness (QED) is 0.705. The van der Waals surface area contributed by atoms with Gasteiger partial charge in [0.05, 0.1) is 6.61 Å². The van der Waals surface area contributed by atoms with E-state index in [0.717, 1.165) is 19.5 Å². The fraction of sp³-hybridized carbons (Fsp3) is 0.933. The van der Waals surface area contributed by atoms with Gasteiger partial charge in [0.25, 0.3) is 0 Å². The fourth-order valence-electron chi connectivity index (χ4n) is 2.92. The zero-order valence-electron chi connectivity index (χ0n) is 13.9. The number of ether oxygens (including phenoxy) is 1. The van der Waals surface area contributed by atoms with Gasteiger partial charge in [0, 0.05) is 25.2 Å². The number of nitrogens with one attached hydrogen (secondary N) is 1. The molecule has 1 fully saturated rings. The molecule has 0 bridgehead atoms. The van der Waals surface area contributed by atoms with Crippen molar-refractivity contribution in [3.8, 4) is 0 Å². The number of hydrogen-bond donors (Lipinski definition) is 1. The van der Waals surface area contributed by atoms with Crippen molar-refractivity contribution in [2.45, 2.75) is 51.7 Å². The molecule has 1 aliphatic rings. The maximum Gasteiger partial charge on any atom is 0.327 e. The summed E-state index contributed by atoms with van der Waals surface area (Å²) in [5.74, 6) is -0.151. The summed E-state index contributed by atoms with van der Waals surface area (Å²) in [6, 6.07) is 0.831. The van der Waals surface area contributed by atoms with Crippen molar-refractivity contribution in [2.75, 3.05) is 40.3 Å². The van der Waals surface area contributed by atoms with E-state index in [1.807, 2.05) is 13.8 Å². The van der Waals surface area contributed by atoms with E-state index in [1.165, 1.54) is 0 Å². The average Bonchev–Trinajstić information content (AvgIpc) is 2.76. The standard InChI is InChI=1S/C15H31N3O2/c1-7-20-14(19)15(4,16-12(2)3)11-18-9-8-13(10-18)17(5)6/h12-13,16H,7-11H2,1-6H3. The molecule has 5 heteroatoms. The lowest BCUT2D eigenvalue weighted by molar-refractivity contribution is -0.151. The van der Waals surface area contributed by atoms with E-state index in [1.54, 1.807) is 0 Å². The summed E-state index contributed by atoms with van der Waals surface area (Å²) in [7, 11) is 4.23. The number of rotatable bonds is 7. The molecule has 0 aromatic carbocycles. The second kappa shape index (κ2) is 7.38. The molecule has 0 radical (unpaired) electrons. The van der Waals surface area contributed by atoms with Gasteiger partial charge in [-0.15, -0.1) is 0 Å². The lowest BCUT2D eigenvalue weighted by Gasteiger charge is -2.34. The van der Waals surface area contributed by atoms with Gasteiger partial charge in [-0.1, -0.05) is 0 Å². The van der Waals surface area contributed by atoms with Crippen molar-refractivity contribution in [2.24, 2.45) is 0 Å². The van der Waals surface area contributed by atoms with Crippen LogP contribution in [0.1, 0.15) is 34.1 Å². The van der Waals surface area contributed by atoms with Gasteiger partial charge >= 0.3 is 5.97 Å². The summed E-state index contributed by atoms with van der Waals surface area (Å²) < 4.78 is 5.25. The average molecular weight is 285 g/mol. The first-order valence-corrected chi connectivity index (χ1v) is 7.62. The molecule has 1 rings (SSSR count). The highest BCUT2D eigenvalue weighted by molar-refractivity contribution is 5.80. The highest BCUT2D eigenvalue weighted by atomic mass is 16.5. The van der Waals surface area contributed by atoms with E-state index >= 15 is 0 Å². The number of carbonyl (C=O) groups excluding carboxylic acids is 1. The van der Waals surface area contributed by atoms with E-state index in [9.17, 15) is 4.79 Å². The number of nitrogens with zero attached hydrogens (tertiary/aromatic N) is 2. The molecule has 0 aliphatic carbocycles. The van der Waals surface area contributed by atoms with Crippen LogP contribution in [0.5, 0.6) is 0 Å². The van der Waals surface area contributed by atoms with Gasteiger partial charge in [0.15, 0.2) is 0 Å². The number of likely N-dealkylation sites (N-methyl/N-ethyl adjacent to an activating group) is 1. The molecular formula is C15H31N3O2. The van der Waals surface area contributed by atoms with Crippen LogP contribution in [0, 0.1) is 0 Å². The zero-order valence-corrected chi connectivity index (χ0v) is 13.9. The first kappa shape index (κ1) is 17.4. The van der Waals surface area contributed by atoms with E-state index < -0.39 is 5.54 Å². The van der Waals surface area contributed by atoms with Gasteiger partial charge in [0.1, 0.15) is 5.54 Å². The Morgan fingerprint density at radius 2 is 2.15 bits per heavy atom. The molecule has 1 saturated heterocycles. The molecule has 0 spiro atoms. The van der Waals surface area contributed by atoms with Gasteiger partial charge < -0.3 is 9.64 Å². The number of hydrogen-bond acceptors (Lipinski definition) is 5. The second-order valence-corrected chi connectivity index (χ2v) is 6.49. The number of carbonyl (C=O) groups is 1. The third-order valence-electron chi connectivity index (χ3n) is 3.85. The van der Waals surface area contributed by atoms with Gasteiger partial charge in [-0.3, -0.25) is 15.0 Å². The lowest BCUT2D eigenvalue weighted by atomic mass is 10.0. The Hall–Kier alpha value is -0.650. The molecule has 2 unspecified atom stereocenters. The summed E-state index contributed by atoms with van der Waals surface area (Å²) in [5, 5.41) is 3.38. The molecule has 1 N–H and O–H groups in total.